The van der Waals surface area contributed by atoms with Crippen LogP contribution in [0.5, 0.6) is 0 Å². The Morgan fingerprint density at radius 1 is 0.323 bits per heavy atom. The van der Waals surface area contributed by atoms with E-state index in [9.17, 15) is 19.2 Å². The van der Waals surface area contributed by atoms with Crippen molar-refractivity contribution in [2.24, 2.45) is 0 Å². The van der Waals surface area contributed by atoms with E-state index in [1.807, 2.05) is 4.31 Å². The lowest BCUT2D eigenvalue weighted by Gasteiger charge is -2.14. The summed E-state index contributed by atoms with van der Waals surface area (Å²) >= 11 is 58.6. The first kappa shape index (κ1) is 78.7. The number of imide groups is 2. The summed E-state index contributed by atoms with van der Waals surface area (Å²) in [5.41, 5.74) is 4.81. The lowest BCUT2D eigenvalue weighted by molar-refractivity contribution is 0.0636. The highest BCUT2D eigenvalue weighted by Crippen LogP contribution is 2.56. The minimum absolute atomic E-state index is 0.156. The fourth-order valence-corrected chi connectivity index (χ4v) is 29.3. The Morgan fingerprint density at radius 2 is 0.535 bits per heavy atom. The number of hydrogen-bond donors (Lipinski definition) is 0. The van der Waals surface area contributed by atoms with Crippen LogP contribution in [0.1, 0.15) is 235 Å². The number of thiophene rings is 8. The third-order valence-electron chi connectivity index (χ3n) is 18.2. The zero-order valence-corrected chi connectivity index (χ0v) is 73.4. The maximum absolute atomic E-state index is 14.5. The predicted octanol–water partition coefficient (Wildman–Crippen LogP) is 32.7. The van der Waals surface area contributed by atoms with Crippen molar-refractivity contribution in [2.45, 2.75) is 194 Å². The topological polar surface area (TPSA) is 74.8 Å². The normalized spacial score (nSPS) is 13.0. The van der Waals surface area contributed by atoms with Gasteiger partial charge in [0.15, 0.2) is 0 Å². The lowest BCUT2D eigenvalue weighted by Crippen LogP contribution is -2.30. The average molecular weight is 1860 g/mol. The van der Waals surface area contributed by atoms with Gasteiger partial charge < -0.3 is 0 Å². The lowest BCUT2D eigenvalue weighted by atomic mass is 9.95. The van der Waals surface area contributed by atoms with E-state index in [0.29, 0.717) is 56.5 Å². The van der Waals surface area contributed by atoms with Gasteiger partial charge in [-0.15, -0.1) is 113 Å². The highest BCUT2D eigenvalue weighted by Gasteiger charge is 2.45. The number of thiocarbonyl (C=S) groups is 2. The molecular formula is C74H74Br4Cl2N2O4S13. The first-order valence-electron chi connectivity index (χ1n) is 34.2. The summed E-state index contributed by atoms with van der Waals surface area (Å²) in [4.78, 5) is 64.0. The quantitative estimate of drug-likeness (QED) is 0.0226. The first-order chi connectivity index (χ1) is 48.0. The first-order valence-corrected chi connectivity index (χ1v) is 47.5. The molecular weight excluding hydrogens is 1790 g/mol. The fourth-order valence-electron chi connectivity index (χ4n) is 13.3. The molecule has 524 valence electrons. The van der Waals surface area contributed by atoms with Crippen LogP contribution in [-0.2, 0) is 0 Å². The Labute approximate surface area is 679 Å². The van der Waals surface area contributed by atoms with E-state index in [4.69, 9.17) is 35.4 Å². The number of halogens is 6. The van der Waals surface area contributed by atoms with Gasteiger partial charge in [-0.25, -0.2) is 0 Å². The van der Waals surface area contributed by atoms with Gasteiger partial charge in [-0.2, -0.15) is 0 Å². The van der Waals surface area contributed by atoms with Gasteiger partial charge in [0.1, 0.15) is 3.14 Å². The van der Waals surface area contributed by atoms with Crippen LogP contribution in [0.3, 0.4) is 0 Å². The number of rotatable bonds is 34. The Hall–Kier alpha value is -1.39. The van der Waals surface area contributed by atoms with E-state index in [1.165, 1.54) is 165 Å². The number of carbonyl (C=O) groups excluding carboxylic acids is 4. The molecule has 0 unspecified atom stereocenters. The third kappa shape index (κ3) is 18.8. The second-order valence-corrected chi connectivity index (χ2v) is 43.9. The predicted molar refractivity (Wildman–Crippen MR) is 464 cm³/mol. The van der Waals surface area contributed by atoms with Crippen molar-refractivity contribution in [1.82, 2.24) is 9.80 Å². The summed E-state index contributed by atoms with van der Waals surface area (Å²) in [6.45, 7) is 5.41. The zero-order chi connectivity index (χ0) is 69.9. The van der Waals surface area contributed by atoms with E-state index in [2.05, 4.69) is 151 Å². The van der Waals surface area contributed by atoms with Crippen LogP contribution in [0.2, 0.25) is 10.0 Å². The van der Waals surface area contributed by atoms with Crippen molar-refractivity contribution in [3.8, 4) is 41.8 Å². The number of fused-ring (bicyclic) bond motifs is 7. The maximum Gasteiger partial charge on any atom is 0.262 e. The molecule has 13 rings (SSSR count). The highest BCUT2D eigenvalue weighted by atomic mass is 79.9. The van der Waals surface area contributed by atoms with Crippen LogP contribution in [0, 0.1) is 3.14 Å². The van der Waals surface area contributed by atoms with Crippen molar-refractivity contribution in [2.75, 3.05) is 13.1 Å². The Bertz CT molecular complexity index is 4420. The molecule has 0 spiro atoms. The third-order valence-corrected chi connectivity index (χ3v) is 33.0. The van der Waals surface area contributed by atoms with Crippen LogP contribution in [-0.4, -0.2) is 50.8 Å². The molecule has 2 aliphatic heterocycles. The average Bonchev–Trinajstić information content (AvgIpc) is 1.57. The summed E-state index contributed by atoms with van der Waals surface area (Å²) in [7, 11) is 0. The van der Waals surface area contributed by atoms with Gasteiger partial charge in [0, 0.05) is 96.8 Å². The molecule has 0 N–H and O–H groups in total. The van der Waals surface area contributed by atoms with Crippen molar-refractivity contribution < 1.29 is 19.2 Å². The minimum atomic E-state index is -0.270. The molecule has 25 heteroatoms. The van der Waals surface area contributed by atoms with Gasteiger partial charge in [0.25, 0.3) is 23.6 Å². The van der Waals surface area contributed by atoms with Gasteiger partial charge in [0.2, 0.25) is 0 Å². The van der Waals surface area contributed by atoms with Gasteiger partial charge in [-0.1, -0.05) is 216 Å². The molecule has 0 saturated heterocycles. The zero-order valence-electron chi connectivity index (χ0n) is 54.9. The molecule has 11 aromatic rings. The van der Waals surface area contributed by atoms with Crippen LogP contribution >= 0.6 is 237 Å². The second-order valence-electron chi connectivity index (χ2n) is 25.1. The fraction of sp³-hybridized carbons (Fsp3) is 0.432. The van der Waals surface area contributed by atoms with E-state index < -0.39 is 0 Å². The molecule has 6 nitrogen and oxygen atoms in total. The van der Waals surface area contributed by atoms with Crippen LogP contribution < -0.4 is 0 Å². The summed E-state index contributed by atoms with van der Waals surface area (Å²) < 4.78 is 18.1. The number of hydrogen-bond acceptors (Lipinski definition) is 17. The number of carbonyl (C=O) groups is 4. The SMILES string of the molecule is CCCCCCCCCCCCCCCCN1C(=O)c2c(c(-c3cc4sc(Br)cc4s3)c(Cl)c(Cl)c2-c2cc3sc(Br)cc3s2)C1=O.CCCCCCCCCCCCCCCCN1C(=O)c2c(c(-c3cc4sc(Br)cc4s3)c3sc(=S)sc3c2-c2cc3sc(Br)cc3s2)C1=O.S=C=S. The molecule has 0 fully saturated rings. The van der Waals surface area contributed by atoms with E-state index in [1.54, 1.807) is 118 Å². The van der Waals surface area contributed by atoms with Crippen LogP contribution in [0.15, 0.2) is 63.7 Å². The second kappa shape index (κ2) is 37.9. The molecule has 4 amide bonds. The Morgan fingerprint density at radius 3 is 0.778 bits per heavy atom. The van der Waals surface area contributed by atoms with Gasteiger partial charge in [-0.3, -0.25) is 29.0 Å². The molecule has 11 heterocycles. The molecule has 0 aliphatic carbocycles. The molecule has 0 saturated carbocycles. The van der Waals surface area contributed by atoms with E-state index in [0.717, 1.165) is 116 Å². The summed E-state index contributed by atoms with van der Waals surface area (Å²) in [5, 5.41) is 0.650. The number of benzene rings is 2. The molecule has 0 atom stereocenters. The van der Waals surface area contributed by atoms with Gasteiger partial charge >= 0.3 is 0 Å². The molecule has 0 radical (unpaired) electrons. The minimum Gasteiger partial charge on any atom is -0.274 e. The molecule has 0 bridgehead atoms. The van der Waals surface area contributed by atoms with Gasteiger partial charge in [-0.05, 0) is 150 Å². The Kier molecular flexibility index (Phi) is 30.1. The van der Waals surface area contributed by atoms with Crippen molar-refractivity contribution in [3.05, 3.63) is 99.1 Å². The van der Waals surface area contributed by atoms with Crippen molar-refractivity contribution >= 4 is 312 Å². The van der Waals surface area contributed by atoms with Crippen molar-refractivity contribution in [1.29, 1.82) is 0 Å². The van der Waals surface area contributed by atoms with Crippen LogP contribution in [0.25, 0.3) is 88.8 Å². The van der Waals surface area contributed by atoms with Gasteiger partial charge in [0.05, 0.1) is 56.8 Å². The van der Waals surface area contributed by atoms with Crippen LogP contribution in [0.4, 0.5) is 0 Å². The summed E-state index contributed by atoms with van der Waals surface area (Å²) in [5.74, 6) is -0.852. The standard InChI is InChI=1S/C37H37Br2NO2S7.C36H37Br2Cl2NO2S4.CS2/c1-2-3-4-5-6-7-8-9-10-11-12-13-14-15-16-40-35(41)31-29(25-17-21-23(44-25)19-27(38)46-21)33-34(49-37(43)48-33)30(32(31)36(40)42)26-18-22-24(45-26)20-28(39)47-22;1-2-3-4-5-6-7-8-9-10-11-12-13-14-15-16-41-35(42)31-29(25-17-21-23(44-25)19-27(37)46-21)33(39)34(40)30(32(31)36(41)43)26-18-22-24(45-26)20-28(38)47-22;2-1-3/h17-20H,2-16H2,1H3;17-20H,2-16H2,1H3;. The van der Waals surface area contributed by atoms with E-state index >= 15 is 0 Å². The van der Waals surface area contributed by atoms with E-state index in [-0.39, 0.29) is 23.6 Å². The Balaban J connectivity index is 0.000000193. The van der Waals surface area contributed by atoms with Crippen molar-refractivity contribution in [3.63, 3.8) is 0 Å². The molecule has 99 heavy (non-hydrogen) atoms. The largest absolute Gasteiger partial charge is 0.274 e. The summed E-state index contributed by atoms with van der Waals surface area (Å²) in [6, 6.07) is 16.9. The summed E-state index contributed by atoms with van der Waals surface area (Å²) in [6.07, 6.45) is 35.4. The number of unbranched alkanes of at least 4 members (excludes halogenated alkanes) is 26. The number of nitrogens with zero attached hydrogens (tertiary/aromatic N) is 2. The maximum atomic E-state index is 14.5. The number of amides is 4. The molecule has 2 aromatic carbocycles. The smallest absolute Gasteiger partial charge is 0.262 e. The highest BCUT2D eigenvalue weighted by molar-refractivity contribution is 9.11. The molecule has 2 aliphatic rings. The monoisotopic (exact) mass is 1860 g/mol. The molecule has 9 aromatic heterocycles.